The number of ether oxygens (including phenoxy) is 2. The van der Waals surface area contributed by atoms with Gasteiger partial charge >= 0.3 is 11.8 Å². The number of phenols is 1. The second kappa shape index (κ2) is 12.2. The van der Waals surface area contributed by atoms with Crippen LogP contribution >= 0.6 is 0 Å². The number of nitrogens with zero attached hydrogens (tertiary/aromatic N) is 3. The molecule has 1 N–H and O–H groups in total. The summed E-state index contributed by atoms with van der Waals surface area (Å²) in [4.78, 5) is 36.4. The fourth-order valence-electron chi connectivity index (χ4n) is 2.82. The molecule has 1 atom stereocenters. The number of likely N-dealkylation sites (N-methyl/N-ethyl adjacent to an activating group) is 1. The summed E-state index contributed by atoms with van der Waals surface area (Å²) < 4.78 is 10.2. The molecular formula is C21H27N3O7. The van der Waals surface area contributed by atoms with Crippen LogP contribution in [0.5, 0.6) is 11.5 Å². The number of carbonyl (C=O) groups is 2. The first kappa shape index (κ1) is 25.4. The van der Waals surface area contributed by atoms with Crippen molar-refractivity contribution in [2.75, 3.05) is 13.1 Å². The maximum absolute atomic E-state index is 12.5. The average molecular weight is 433 g/mol. The first-order valence-electron chi connectivity index (χ1n) is 10.0. The Morgan fingerprint density at radius 3 is 2.42 bits per heavy atom. The van der Waals surface area contributed by atoms with Crippen LogP contribution in [0.4, 0.5) is 10.5 Å². The predicted molar refractivity (Wildman–Crippen MR) is 112 cm³/mol. The zero-order valence-electron chi connectivity index (χ0n) is 18.1. The molecule has 0 saturated carbocycles. The van der Waals surface area contributed by atoms with Gasteiger partial charge in [-0.1, -0.05) is 20.3 Å². The van der Waals surface area contributed by atoms with Crippen LogP contribution in [-0.4, -0.2) is 46.2 Å². The molecule has 10 nitrogen and oxygen atoms in total. The van der Waals surface area contributed by atoms with Gasteiger partial charge < -0.3 is 19.5 Å². The Hall–Kier alpha value is -3.61. The largest absolute Gasteiger partial charge is 0.514 e. The van der Waals surface area contributed by atoms with Gasteiger partial charge in [0.25, 0.3) is 5.91 Å². The highest BCUT2D eigenvalue weighted by atomic mass is 16.7. The van der Waals surface area contributed by atoms with E-state index in [-0.39, 0.29) is 11.1 Å². The minimum atomic E-state index is -1.12. The van der Waals surface area contributed by atoms with Gasteiger partial charge in [-0.05, 0) is 44.4 Å². The smallest absolute Gasteiger partial charge is 0.499 e. The van der Waals surface area contributed by atoms with Crippen molar-refractivity contribution in [3.05, 3.63) is 33.4 Å². The van der Waals surface area contributed by atoms with Crippen LogP contribution in [-0.2, 0) is 9.53 Å². The normalized spacial score (nSPS) is 11.9. The number of aromatic hydroxyl groups is 1. The first-order valence-corrected chi connectivity index (χ1v) is 10.0. The number of nitro groups is 1. The lowest BCUT2D eigenvalue weighted by atomic mass is 10.1. The lowest BCUT2D eigenvalue weighted by Gasteiger charge is -2.17. The number of amides is 1. The summed E-state index contributed by atoms with van der Waals surface area (Å²) in [5, 5.41) is 30.8. The van der Waals surface area contributed by atoms with Crippen LogP contribution in [0.15, 0.2) is 17.7 Å². The van der Waals surface area contributed by atoms with Gasteiger partial charge in [-0.3, -0.25) is 14.9 Å². The molecule has 1 rings (SSSR count). The van der Waals surface area contributed by atoms with Crippen LogP contribution in [0, 0.1) is 21.4 Å². The SMILES string of the molecule is CCCC(CC)OC(=O)Oc1cc(/C=C(\C#N)C(=O)N(CC)CC)cc([N+](=O)[O-])c1O. The highest BCUT2D eigenvalue weighted by Crippen LogP contribution is 2.38. The molecule has 0 radical (unpaired) electrons. The van der Waals surface area contributed by atoms with Crippen molar-refractivity contribution >= 4 is 23.8 Å². The number of benzene rings is 1. The summed E-state index contributed by atoms with van der Waals surface area (Å²) in [7, 11) is 0. The van der Waals surface area contributed by atoms with Crippen LogP contribution < -0.4 is 4.74 Å². The van der Waals surface area contributed by atoms with E-state index in [1.54, 1.807) is 19.9 Å². The van der Waals surface area contributed by atoms with Gasteiger partial charge in [-0.2, -0.15) is 5.26 Å². The molecular weight excluding hydrogens is 406 g/mol. The maximum Gasteiger partial charge on any atom is 0.514 e. The molecule has 0 saturated heterocycles. The number of nitro benzene ring substituents is 1. The van der Waals surface area contributed by atoms with E-state index in [0.717, 1.165) is 24.6 Å². The Labute approximate surface area is 180 Å². The van der Waals surface area contributed by atoms with E-state index in [1.807, 2.05) is 13.8 Å². The molecule has 0 aliphatic heterocycles. The maximum atomic E-state index is 12.5. The van der Waals surface area contributed by atoms with E-state index in [2.05, 4.69) is 0 Å². The lowest BCUT2D eigenvalue weighted by molar-refractivity contribution is -0.385. The Balaban J connectivity index is 3.34. The number of nitriles is 1. The number of phenolic OH excluding ortho intramolecular Hbond substituents is 1. The van der Waals surface area contributed by atoms with E-state index in [4.69, 9.17) is 9.47 Å². The third kappa shape index (κ3) is 6.99. The minimum Gasteiger partial charge on any atom is -0.499 e. The Bertz CT molecular complexity index is 886. The standard InChI is InChI=1S/C21H27N3O7/c1-5-9-16(6-2)30-21(27)31-18-12-14(11-17(19(18)25)24(28)29)10-15(13-22)20(26)23(7-3)8-4/h10-12,16,25H,5-9H2,1-4H3/b15-10+. The van der Waals surface area contributed by atoms with E-state index in [1.165, 1.54) is 4.90 Å². The van der Waals surface area contributed by atoms with Gasteiger partial charge in [0, 0.05) is 19.2 Å². The molecule has 1 aromatic rings. The monoisotopic (exact) mass is 433 g/mol. The second-order valence-corrected chi connectivity index (χ2v) is 6.58. The van der Waals surface area contributed by atoms with Crippen molar-refractivity contribution in [3.63, 3.8) is 0 Å². The number of hydrogen-bond donors (Lipinski definition) is 1. The van der Waals surface area contributed by atoms with Gasteiger partial charge in [0.1, 0.15) is 17.7 Å². The highest BCUT2D eigenvalue weighted by molar-refractivity contribution is 6.01. The van der Waals surface area contributed by atoms with Gasteiger partial charge in [0.15, 0.2) is 5.75 Å². The highest BCUT2D eigenvalue weighted by Gasteiger charge is 2.24. The van der Waals surface area contributed by atoms with Crippen molar-refractivity contribution in [1.82, 2.24) is 4.90 Å². The molecule has 0 aliphatic rings. The van der Waals surface area contributed by atoms with Crippen LogP contribution in [0.2, 0.25) is 0 Å². The summed E-state index contributed by atoms with van der Waals surface area (Å²) in [6.07, 6.45) is 1.56. The van der Waals surface area contributed by atoms with E-state index >= 15 is 0 Å². The van der Waals surface area contributed by atoms with Crippen molar-refractivity contribution in [2.24, 2.45) is 0 Å². The Morgan fingerprint density at radius 2 is 1.94 bits per heavy atom. The minimum absolute atomic E-state index is 0.0324. The van der Waals surface area contributed by atoms with Crippen molar-refractivity contribution in [1.29, 1.82) is 5.26 Å². The fourth-order valence-corrected chi connectivity index (χ4v) is 2.82. The second-order valence-electron chi connectivity index (χ2n) is 6.58. The predicted octanol–water partition coefficient (Wildman–Crippen LogP) is 4.17. The van der Waals surface area contributed by atoms with E-state index in [0.29, 0.717) is 25.9 Å². The number of hydrogen-bond acceptors (Lipinski definition) is 8. The Kier molecular flexibility index (Phi) is 9.98. The van der Waals surface area contributed by atoms with E-state index in [9.17, 15) is 30.1 Å². The summed E-state index contributed by atoms with van der Waals surface area (Å²) in [6, 6.07) is 3.88. The molecule has 0 spiro atoms. The molecule has 31 heavy (non-hydrogen) atoms. The zero-order chi connectivity index (χ0) is 23.6. The van der Waals surface area contributed by atoms with Crippen LogP contribution in [0.1, 0.15) is 52.5 Å². The summed E-state index contributed by atoms with van der Waals surface area (Å²) in [5.41, 5.74) is -0.971. The molecule has 168 valence electrons. The topological polar surface area (TPSA) is 143 Å². The quantitative estimate of drug-likeness (QED) is 0.145. The van der Waals surface area contributed by atoms with Crippen LogP contribution in [0.3, 0.4) is 0 Å². The molecule has 1 aromatic carbocycles. The van der Waals surface area contributed by atoms with Crippen molar-refractivity contribution < 1.29 is 29.1 Å². The lowest BCUT2D eigenvalue weighted by Crippen LogP contribution is -2.31. The van der Waals surface area contributed by atoms with Gasteiger partial charge in [0.05, 0.1) is 4.92 Å². The van der Waals surface area contributed by atoms with Crippen LogP contribution in [0.25, 0.3) is 6.08 Å². The van der Waals surface area contributed by atoms with Gasteiger partial charge in [-0.15, -0.1) is 0 Å². The fraction of sp³-hybridized carbons (Fsp3) is 0.476. The summed E-state index contributed by atoms with van der Waals surface area (Å²) in [6.45, 7) is 8.01. The zero-order valence-corrected chi connectivity index (χ0v) is 18.1. The molecule has 0 heterocycles. The molecule has 0 bridgehead atoms. The summed E-state index contributed by atoms with van der Waals surface area (Å²) >= 11 is 0. The third-order valence-corrected chi connectivity index (χ3v) is 4.51. The Morgan fingerprint density at radius 1 is 1.29 bits per heavy atom. The number of carbonyl (C=O) groups excluding carboxylic acids is 2. The number of rotatable bonds is 10. The first-order chi connectivity index (χ1) is 14.7. The van der Waals surface area contributed by atoms with Gasteiger partial charge in [0.2, 0.25) is 5.75 Å². The van der Waals surface area contributed by atoms with E-state index < -0.39 is 40.3 Å². The molecule has 1 unspecified atom stereocenters. The molecule has 0 aromatic heterocycles. The molecule has 10 heteroatoms. The van der Waals surface area contributed by atoms with Crippen molar-refractivity contribution in [2.45, 2.75) is 53.1 Å². The van der Waals surface area contributed by atoms with Crippen molar-refractivity contribution in [3.8, 4) is 17.6 Å². The third-order valence-electron chi connectivity index (χ3n) is 4.51. The van der Waals surface area contributed by atoms with Gasteiger partial charge in [-0.25, -0.2) is 4.79 Å². The molecule has 1 amide bonds. The molecule has 0 fully saturated rings. The molecule has 0 aliphatic carbocycles. The average Bonchev–Trinajstić information content (AvgIpc) is 2.74. The summed E-state index contributed by atoms with van der Waals surface area (Å²) in [5.74, 6) is -1.92.